The summed E-state index contributed by atoms with van der Waals surface area (Å²) in [6.07, 6.45) is 6.49. The van der Waals surface area contributed by atoms with Gasteiger partial charge < -0.3 is 15.0 Å². The van der Waals surface area contributed by atoms with Gasteiger partial charge in [-0.05, 0) is 11.6 Å². The second kappa shape index (κ2) is 7.51. The minimum Gasteiger partial charge on any atom is -0.378 e. The van der Waals surface area contributed by atoms with Gasteiger partial charge >= 0.3 is 0 Å². The molecule has 0 aliphatic carbocycles. The number of anilines is 2. The number of rotatable bonds is 4. The Hall–Kier alpha value is -2.73. The molecule has 1 amide bonds. The van der Waals surface area contributed by atoms with Crippen molar-refractivity contribution in [3.05, 3.63) is 54.4 Å². The fourth-order valence-corrected chi connectivity index (χ4v) is 2.23. The van der Waals surface area contributed by atoms with Crippen molar-refractivity contribution in [1.82, 2.24) is 9.97 Å². The second-order valence-electron chi connectivity index (χ2n) is 5.10. The Morgan fingerprint density at radius 3 is 2.52 bits per heavy atom. The quantitative estimate of drug-likeness (QED) is 0.875. The Labute approximate surface area is 134 Å². The summed E-state index contributed by atoms with van der Waals surface area (Å²) < 4.78 is 5.30. The molecule has 1 fully saturated rings. The summed E-state index contributed by atoms with van der Waals surface area (Å²) in [5.41, 5.74) is 1.55. The molecule has 23 heavy (non-hydrogen) atoms. The Morgan fingerprint density at radius 2 is 1.83 bits per heavy atom. The number of ether oxygens (including phenoxy) is 1. The van der Waals surface area contributed by atoms with Crippen LogP contribution in [-0.4, -0.2) is 42.2 Å². The molecule has 1 aromatic heterocycles. The minimum absolute atomic E-state index is 0.212. The van der Waals surface area contributed by atoms with Gasteiger partial charge in [0.25, 0.3) is 0 Å². The number of amides is 1. The molecule has 1 aliphatic rings. The predicted octanol–water partition coefficient (Wildman–Crippen LogP) is 1.97. The van der Waals surface area contributed by atoms with Gasteiger partial charge in [-0.15, -0.1) is 0 Å². The van der Waals surface area contributed by atoms with Gasteiger partial charge in [-0.3, -0.25) is 4.79 Å². The third kappa shape index (κ3) is 4.37. The Morgan fingerprint density at radius 1 is 1.13 bits per heavy atom. The monoisotopic (exact) mass is 310 g/mol. The van der Waals surface area contributed by atoms with E-state index in [9.17, 15) is 4.79 Å². The van der Waals surface area contributed by atoms with Crippen LogP contribution in [0.3, 0.4) is 0 Å². The van der Waals surface area contributed by atoms with Crippen molar-refractivity contribution in [2.45, 2.75) is 0 Å². The molecule has 0 atom stereocenters. The number of benzene rings is 1. The molecule has 6 nitrogen and oxygen atoms in total. The molecule has 0 spiro atoms. The third-order valence-corrected chi connectivity index (χ3v) is 3.43. The summed E-state index contributed by atoms with van der Waals surface area (Å²) in [5, 5.41) is 2.75. The van der Waals surface area contributed by atoms with Gasteiger partial charge in [0.1, 0.15) is 0 Å². The topological polar surface area (TPSA) is 67.4 Å². The molecule has 1 aliphatic heterocycles. The highest BCUT2D eigenvalue weighted by Crippen LogP contribution is 2.12. The molecule has 1 N–H and O–H groups in total. The summed E-state index contributed by atoms with van der Waals surface area (Å²) >= 11 is 0. The number of hydrogen-bond acceptors (Lipinski definition) is 5. The second-order valence-corrected chi connectivity index (χ2v) is 5.10. The smallest absolute Gasteiger partial charge is 0.248 e. The summed E-state index contributed by atoms with van der Waals surface area (Å²) in [6, 6.07) is 9.66. The zero-order valence-electron chi connectivity index (χ0n) is 12.7. The van der Waals surface area contributed by atoms with Gasteiger partial charge in [-0.2, -0.15) is 0 Å². The first-order chi connectivity index (χ1) is 11.3. The van der Waals surface area contributed by atoms with Crippen molar-refractivity contribution in [2.24, 2.45) is 0 Å². The van der Waals surface area contributed by atoms with Crippen LogP contribution in [0.5, 0.6) is 0 Å². The lowest BCUT2D eigenvalue weighted by atomic mass is 10.2. The van der Waals surface area contributed by atoms with E-state index in [-0.39, 0.29) is 5.91 Å². The van der Waals surface area contributed by atoms with Crippen molar-refractivity contribution in [3.8, 4) is 0 Å². The van der Waals surface area contributed by atoms with E-state index in [1.165, 1.54) is 6.08 Å². The number of nitrogens with zero attached hydrogens (tertiary/aromatic N) is 3. The summed E-state index contributed by atoms with van der Waals surface area (Å²) in [7, 11) is 0. The van der Waals surface area contributed by atoms with Crippen LogP contribution in [0.2, 0.25) is 0 Å². The molecule has 1 saturated heterocycles. The number of hydrogen-bond donors (Lipinski definition) is 1. The molecule has 118 valence electrons. The number of carbonyl (C=O) groups excluding carboxylic acids is 1. The SMILES string of the molecule is O=C(C=Cc1ccccc1)Nc1cnc(N2CCOCC2)nc1. The van der Waals surface area contributed by atoms with Crippen molar-refractivity contribution in [2.75, 3.05) is 36.5 Å². The number of aromatic nitrogens is 2. The summed E-state index contributed by atoms with van der Waals surface area (Å²) in [6.45, 7) is 2.94. The average molecular weight is 310 g/mol. The molecule has 6 heteroatoms. The van der Waals surface area contributed by atoms with Crippen LogP contribution in [0.25, 0.3) is 6.08 Å². The van der Waals surface area contributed by atoms with Crippen LogP contribution in [0.1, 0.15) is 5.56 Å². The lowest BCUT2D eigenvalue weighted by Gasteiger charge is -2.26. The first kappa shape index (κ1) is 15.2. The molecule has 2 aromatic rings. The van der Waals surface area contributed by atoms with Crippen molar-refractivity contribution in [3.63, 3.8) is 0 Å². The normalized spacial score (nSPS) is 14.9. The Balaban J connectivity index is 1.57. The molecule has 0 saturated carbocycles. The van der Waals surface area contributed by atoms with Crippen LogP contribution in [0.4, 0.5) is 11.6 Å². The highest BCUT2D eigenvalue weighted by molar-refractivity contribution is 6.01. The fourth-order valence-electron chi connectivity index (χ4n) is 2.23. The molecular formula is C17H18N4O2. The van der Waals surface area contributed by atoms with E-state index in [2.05, 4.69) is 20.2 Å². The maximum atomic E-state index is 11.9. The van der Waals surface area contributed by atoms with Gasteiger partial charge in [0.15, 0.2) is 0 Å². The van der Waals surface area contributed by atoms with Crippen LogP contribution in [-0.2, 0) is 9.53 Å². The molecule has 0 bridgehead atoms. The Kier molecular flexibility index (Phi) is 4.95. The standard InChI is InChI=1S/C17H18N4O2/c22-16(7-6-14-4-2-1-3-5-14)20-15-12-18-17(19-13-15)21-8-10-23-11-9-21/h1-7,12-13H,8-11H2,(H,20,22). The highest BCUT2D eigenvalue weighted by Gasteiger charge is 2.13. The van der Waals surface area contributed by atoms with Gasteiger partial charge in [0.2, 0.25) is 11.9 Å². The van der Waals surface area contributed by atoms with Crippen LogP contribution < -0.4 is 10.2 Å². The number of morpholine rings is 1. The van der Waals surface area contributed by atoms with Crippen LogP contribution in [0, 0.1) is 0 Å². The zero-order chi connectivity index (χ0) is 15.9. The van der Waals surface area contributed by atoms with Gasteiger partial charge in [0.05, 0.1) is 31.3 Å². The zero-order valence-corrected chi connectivity index (χ0v) is 12.7. The fraction of sp³-hybridized carbons (Fsp3) is 0.235. The maximum Gasteiger partial charge on any atom is 0.248 e. The maximum absolute atomic E-state index is 11.9. The predicted molar refractivity (Wildman–Crippen MR) is 89.2 cm³/mol. The molecule has 2 heterocycles. The lowest BCUT2D eigenvalue weighted by molar-refractivity contribution is -0.111. The third-order valence-electron chi connectivity index (χ3n) is 3.43. The summed E-state index contributed by atoms with van der Waals surface area (Å²) in [5.74, 6) is 0.447. The molecule has 3 rings (SSSR count). The lowest BCUT2D eigenvalue weighted by Crippen LogP contribution is -2.37. The van der Waals surface area contributed by atoms with Crippen LogP contribution >= 0.6 is 0 Å². The van der Waals surface area contributed by atoms with Gasteiger partial charge in [-0.25, -0.2) is 9.97 Å². The van der Waals surface area contributed by atoms with E-state index in [1.54, 1.807) is 18.5 Å². The number of nitrogens with one attached hydrogen (secondary N) is 1. The van der Waals surface area contributed by atoms with Crippen molar-refractivity contribution >= 4 is 23.6 Å². The van der Waals surface area contributed by atoms with E-state index in [0.717, 1.165) is 18.7 Å². The van der Waals surface area contributed by atoms with Gasteiger partial charge in [-0.1, -0.05) is 30.3 Å². The highest BCUT2D eigenvalue weighted by atomic mass is 16.5. The minimum atomic E-state index is -0.212. The molecule has 0 radical (unpaired) electrons. The molecule has 1 aromatic carbocycles. The molecule has 0 unspecified atom stereocenters. The van der Waals surface area contributed by atoms with E-state index in [1.807, 2.05) is 30.3 Å². The Bertz CT molecular complexity index is 665. The van der Waals surface area contributed by atoms with E-state index in [0.29, 0.717) is 24.8 Å². The number of carbonyl (C=O) groups is 1. The first-order valence-corrected chi connectivity index (χ1v) is 7.50. The average Bonchev–Trinajstić information content (AvgIpc) is 2.62. The van der Waals surface area contributed by atoms with E-state index in [4.69, 9.17) is 4.74 Å². The van der Waals surface area contributed by atoms with E-state index >= 15 is 0 Å². The van der Waals surface area contributed by atoms with Crippen LogP contribution in [0.15, 0.2) is 48.8 Å². The van der Waals surface area contributed by atoms with E-state index < -0.39 is 0 Å². The van der Waals surface area contributed by atoms with Gasteiger partial charge in [0, 0.05) is 19.2 Å². The largest absolute Gasteiger partial charge is 0.378 e. The summed E-state index contributed by atoms with van der Waals surface area (Å²) in [4.78, 5) is 22.5. The van der Waals surface area contributed by atoms with Crippen molar-refractivity contribution in [1.29, 1.82) is 0 Å². The first-order valence-electron chi connectivity index (χ1n) is 7.50. The molecular weight excluding hydrogens is 292 g/mol. The van der Waals surface area contributed by atoms with Crippen molar-refractivity contribution < 1.29 is 9.53 Å².